The third kappa shape index (κ3) is 9.82. The zero-order chi connectivity index (χ0) is 29.4. The summed E-state index contributed by atoms with van der Waals surface area (Å²) in [5.74, 6) is 0.611. The fourth-order valence-corrected chi connectivity index (χ4v) is 6.81. The van der Waals surface area contributed by atoms with E-state index in [0.29, 0.717) is 31.2 Å². The molecule has 12 nitrogen and oxygen atoms in total. The quantitative estimate of drug-likeness (QED) is 0.149. The maximum Gasteiger partial charge on any atom is 0.223 e. The highest BCUT2D eigenvalue weighted by molar-refractivity contribution is 5.78. The number of ether oxygens (including phenoxy) is 1. The minimum atomic E-state index is -0.596. The van der Waals surface area contributed by atoms with Crippen LogP contribution in [0.3, 0.4) is 0 Å². The number of amides is 2. The van der Waals surface area contributed by atoms with Gasteiger partial charge in [-0.25, -0.2) is 0 Å². The fourth-order valence-electron chi connectivity index (χ4n) is 6.81. The molecule has 0 radical (unpaired) electrons. The molecule has 0 saturated carbocycles. The van der Waals surface area contributed by atoms with Crippen LogP contribution in [0.25, 0.3) is 0 Å². The largest absolute Gasteiger partial charge is 0.390 e. The molecule has 12 heteroatoms. The van der Waals surface area contributed by atoms with E-state index in [0.717, 1.165) is 77.7 Å². The Labute approximate surface area is 245 Å². The zero-order valence-electron chi connectivity index (χ0n) is 25.3. The Morgan fingerprint density at radius 1 is 1.07 bits per heavy atom. The van der Waals surface area contributed by atoms with Gasteiger partial charge in [0.05, 0.1) is 25.0 Å². The summed E-state index contributed by atoms with van der Waals surface area (Å²) in [7, 11) is 1.84. The van der Waals surface area contributed by atoms with E-state index in [1.165, 1.54) is 0 Å². The molecule has 0 aromatic carbocycles. The topological polar surface area (TPSA) is 150 Å². The van der Waals surface area contributed by atoms with Crippen LogP contribution in [0.2, 0.25) is 0 Å². The maximum atomic E-state index is 12.9. The number of nitrogens with zero attached hydrogens (tertiary/aromatic N) is 2. The molecule has 8 atom stereocenters. The smallest absolute Gasteiger partial charge is 0.223 e. The third-order valence-electron chi connectivity index (χ3n) is 9.65. The molecular weight excluding hydrogens is 526 g/mol. The van der Waals surface area contributed by atoms with Crippen molar-refractivity contribution in [1.82, 2.24) is 36.4 Å². The van der Waals surface area contributed by atoms with E-state index < -0.39 is 12.2 Å². The molecule has 4 aliphatic rings. The van der Waals surface area contributed by atoms with Crippen molar-refractivity contribution in [3.05, 3.63) is 0 Å². The predicted octanol–water partition coefficient (Wildman–Crippen LogP) is -1.22. The van der Waals surface area contributed by atoms with Gasteiger partial charge in [-0.15, -0.1) is 0 Å². The lowest BCUT2D eigenvalue weighted by Crippen LogP contribution is -2.57. The average molecular weight is 582 g/mol. The number of nitrogens with one attached hydrogen (secondary N) is 5. The van der Waals surface area contributed by atoms with Gasteiger partial charge in [0, 0.05) is 63.7 Å². The molecule has 4 heterocycles. The molecule has 7 N–H and O–H groups in total. The molecule has 41 heavy (non-hydrogen) atoms. The highest BCUT2D eigenvalue weighted by Crippen LogP contribution is 2.28. The summed E-state index contributed by atoms with van der Waals surface area (Å²) in [4.78, 5) is 28.7. The molecule has 4 saturated heterocycles. The Bertz CT molecular complexity index is 829. The number of likely N-dealkylation sites (tertiary alicyclic amines) is 2. The first-order chi connectivity index (χ1) is 19.7. The van der Waals surface area contributed by atoms with Gasteiger partial charge in [-0.1, -0.05) is 0 Å². The molecule has 0 spiro atoms. The van der Waals surface area contributed by atoms with Crippen LogP contribution in [0.15, 0.2) is 0 Å². The number of piperidine rings is 4. The van der Waals surface area contributed by atoms with E-state index in [2.05, 4.69) is 31.5 Å². The normalized spacial score (nSPS) is 32.1. The number of hydrogen-bond acceptors (Lipinski definition) is 10. The summed E-state index contributed by atoms with van der Waals surface area (Å²) in [5, 5.41) is 37.7. The summed E-state index contributed by atoms with van der Waals surface area (Å²) >= 11 is 0. The van der Waals surface area contributed by atoms with Gasteiger partial charge in [0.25, 0.3) is 0 Å². The summed E-state index contributed by atoms with van der Waals surface area (Å²) in [6.07, 6.45) is 5.31. The van der Waals surface area contributed by atoms with E-state index in [1.807, 2.05) is 18.9 Å². The van der Waals surface area contributed by atoms with Crippen LogP contribution >= 0.6 is 0 Å². The summed E-state index contributed by atoms with van der Waals surface area (Å²) in [6.45, 7) is 8.91. The number of carbonyl (C=O) groups excluding carboxylic acids is 2. The molecule has 0 bridgehead atoms. The lowest BCUT2D eigenvalue weighted by Gasteiger charge is -2.44. The van der Waals surface area contributed by atoms with Gasteiger partial charge >= 0.3 is 0 Å². The zero-order valence-corrected chi connectivity index (χ0v) is 25.3. The van der Waals surface area contributed by atoms with Crippen LogP contribution < -0.4 is 26.6 Å². The Balaban J connectivity index is 1.10. The van der Waals surface area contributed by atoms with Crippen LogP contribution in [0.1, 0.15) is 58.8 Å². The second-order valence-corrected chi connectivity index (χ2v) is 12.7. The van der Waals surface area contributed by atoms with Crippen LogP contribution in [-0.4, -0.2) is 134 Å². The van der Waals surface area contributed by atoms with E-state index in [9.17, 15) is 19.8 Å². The van der Waals surface area contributed by atoms with Crippen LogP contribution in [0.5, 0.6) is 0 Å². The van der Waals surface area contributed by atoms with Crippen LogP contribution in [0.4, 0.5) is 0 Å². The number of hydrogen-bond donors (Lipinski definition) is 7. The minimum Gasteiger partial charge on any atom is -0.390 e. The van der Waals surface area contributed by atoms with E-state index in [4.69, 9.17) is 4.74 Å². The molecule has 4 rings (SSSR count). The molecule has 2 amide bonds. The average Bonchev–Trinajstić information content (AvgIpc) is 2.98. The lowest BCUT2D eigenvalue weighted by molar-refractivity contribution is -0.130. The number of fused-ring (bicyclic) bond motifs is 1. The minimum absolute atomic E-state index is 0.00645. The Morgan fingerprint density at radius 2 is 1.85 bits per heavy atom. The van der Waals surface area contributed by atoms with Crippen LogP contribution in [0, 0.1) is 11.8 Å². The summed E-state index contributed by atoms with van der Waals surface area (Å²) < 4.78 is 5.95. The van der Waals surface area contributed by atoms with Crippen molar-refractivity contribution in [2.24, 2.45) is 11.8 Å². The van der Waals surface area contributed by atoms with Crippen molar-refractivity contribution in [1.29, 1.82) is 0 Å². The third-order valence-corrected chi connectivity index (χ3v) is 9.65. The van der Waals surface area contributed by atoms with E-state index in [-0.39, 0.29) is 42.7 Å². The monoisotopic (exact) mass is 581 g/mol. The summed E-state index contributed by atoms with van der Waals surface area (Å²) in [6, 6.07) is 0.741. The SMILES string of the molecule is CNC(C)C(O)COC1CCC2CN(C[C@@H](O)CNC(=O)C3CCNC(NC4CCN(C(C)=O)CC4)C3)CCC2N1. The van der Waals surface area contributed by atoms with Crippen molar-refractivity contribution in [2.75, 3.05) is 59.5 Å². The number of aliphatic hydroxyl groups is 2. The first-order valence-electron chi connectivity index (χ1n) is 15.9. The predicted molar refractivity (Wildman–Crippen MR) is 157 cm³/mol. The maximum absolute atomic E-state index is 12.9. The molecule has 0 aromatic heterocycles. The lowest BCUT2D eigenvalue weighted by atomic mass is 9.84. The van der Waals surface area contributed by atoms with Crippen LogP contribution in [-0.2, 0) is 14.3 Å². The van der Waals surface area contributed by atoms with E-state index in [1.54, 1.807) is 6.92 Å². The summed E-state index contributed by atoms with van der Waals surface area (Å²) in [5.41, 5.74) is 0. The molecule has 7 unspecified atom stereocenters. The number of aliphatic hydroxyl groups excluding tert-OH is 2. The highest BCUT2D eigenvalue weighted by atomic mass is 16.5. The number of carbonyl (C=O) groups is 2. The molecule has 4 aliphatic heterocycles. The second kappa shape index (κ2) is 15.9. The standard InChI is InChI=1S/C29H55N7O5/c1-19(30-3)26(39)18-41-28-5-4-22-16-35(11-9-25(22)34-28)17-24(38)15-32-29(40)21-6-10-31-27(14-21)33-23-7-12-36(13-8-23)20(2)37/h19,21-28,30-31,33-34,38-39H,4-18H2,1-3H3,(H,32,40)/t19?,21?,22?,24-,25?,26?,27?,28?/m0/s1. The van der Waals surface area contributed by atoms with Crippen molar-refractivity contribution in [3.63, 3.8) is 0 Å². The molecule has 236 valence electrons. The van der Waals surface area contributed by atoms with Gasteiger partial charge in [0.1, 0.15) is 6.23 Å². The van der Waals surface area contributed by atoms with Crippen molar-refractivity contribution < 1.29 is 24.5 Å². The Morgan fingerprint density at radius 3 is 2.59 bits per heavy atom. The molecular formula is C29H55N7O5. The van der Waals surface area contributed by atoms with Crippen molar-refractivity contribution in [3.8, 4) is 0 Å². The number of rotatable bonds is 12. The van der Waals surface area contributed by atoms with E-state index >= 15 is 0 Å². The molecule has 0 aliphatic carbocycles. The number of likely N-dealkylation sites (N-methyl/N-ethyl adjacent to an activating group) is 1. The van der Waals surface area contributed by atoms with Gasteiger partial charge in [-0.05, 0) is 77.9 Å². The Kier molecular flexibility index (Phi) is 12.6. The highest BCUT2D eigenvalue weighted by Gasteiger charge is 2.36. The van der Waals surface area contributed by atoms with Crippen molar-refractivity contribution >= 4 is 11.8 Å². The first-order valence-corrected chi connectivity index (χ1v) is 15.9. The second-order valence-electron chi connectivity index (χ2n) is 12.7. The Hall–Kier alpha value is -1.38. The fraction of sp³-hybridized carbons (Fsp3) is 0.931. The molecule has 4 fully saturated rings. The number of β-amino-alcohol motifs (C(OH)–C–C–N with tert-alkyl or cyclic N) is 1. The molecule has 0 aromatic rings. The van der Waals surface area contributed by atoms with Gasteiger partial charge < -0.3 is 40.7 Å². The van der Waals surface area contributed by atoms with Gasteiger partial charge in [-0.3, -0.25) is 20.2 Å². The van der Waals surface area contributed by atoms with Gasteiger partial charge in [0.15, 0.2) is 0 Å². The van der Waals surface area contributed by atoms with Gasteiger partial charge in [0.2, 0.25) is 11.8 Å². The van der Waals surface area contributed by atoms with Gasteiger partial charge in [-0.2, -0.15) is 0 Å². The van der Waals surface area contributed by atoms with Crippen molar-refractivity contribution in [2.45, 2.75) is 102 Å². The first kappa shape index (κ1) is 32.5.